The van der Waals surface area contributed by atoms with E-state index in [0.717, 1.165) is 24.1 Å². The molecule has 9 nitrogen and oxygen atoms in total. The minimum atomic E-state index is -3.55. The number of hydrogen-bond acceptors (Lipinski definition) is 9. The van der Waals surface area contributed by atoms with E-state index >= 15 is 0 Å². The Hall–Kier alpha value is -2.66. The molecule has 0 aliphatic heterocycles. The summed E-state index contributed by atoms with van der Waals surface area (Å²) in [7, 11) is -3.55. The topological polar surface area (TPSA) is 129 Å². The lowest BCUT2D eigenvalue weighted by Gasteiger charge is -2.02. The van der Waals surface area contributed by atoms with E-state index in [1.165, 1.54) is 18.4 Å². The molecule has 0 amide bonds. The molecular weight excluding hydrogens is 358 g/mol. The maximum Gasteiger partial charge on any atom is 0.284 e. The Balaban J connectivity index is 1.94. The minimum Gasteiger partial charge on any atom is -0.459 e. The number of nitro groups is 1. The van der Waals surface area contributed by atoms with Crippen molar-refractivity contribution in [3.8, 4) is 11.7 Å². The minimum absolute atomic E-state index is 0.0663. The molecular formula is C13H9N3O6S2. The molecule has 3 aromatic rings. The van der Waals surface area contributed by atoms with Gasteiger partial charge < -0.3 is 8.83 Å². The highest BCUT2D eigenvalue weighted by Gasteiger charge is 2.22. The van der Waals surface area contributed by atoms with Crippen LogP contribution < -0.4 is 0 Å². The van der Waals surface area contributed by atoms with E-state index < -0.39 is 14.8 Å². The third-order valence-electron chi connectivity index (χ3n) is 2.89. The third kappa shape index (κ3) is 3.31. The van der Waals surface area contributed by atoms with Gasteiger partial charge in [0.2, 0.25) is 0 Å². The first-order chi connectivity index (χ1) is 11.3. The van der Waals surface area contributed by atoms with Gasteiger partial charge in [0, 0.05) is 12.3 Å². The van der Waals surface area contributed by atoms with Crippen LogP contribution >= 0.6 is 11.8 Å². The van der Waals surface area contributed by atoms with Crippen LogP contribution in [-0.2, 0) is 9.84 Å². The second-order valence-electron chi connectivity index (χ2n) is 4.61. The van der Waals surface area contributed by atoms with Gasteiger partial charge in [0.05, 0.1) is 21.0 Å². The second kappa shape index (κ2) is 6.09. The quantitative estimate of drug-likeness (QED) is 0.493. The lowest BCUT2D eigenvalue weighted by Crippen LogP contribution is -1.99. The molecule has 0 atom stereocenters. The zero-order valence-electron chi connectivity index (χ0n) is 12.1. The Labute approximate surface area is 139 Å². The van der Waals surface area contributed by atoms with Crippen LogP contribution in [0.4, 0.5) is 5.69 Å². The van der Waals surface area contributed by atoms with Crippen LogP contribution in [0.15, 0.2) is 60.4 Å². The highest BCUT2D eigenvalue weighted by molar-refractivity contribution is 7.99. The van der Waals surface area contributed by atoms with Crippen molar-refractivity contribution in [2.45, 2.75) is 15.0 Å². The lowest BCUT2D eigenvalue weighted by atomic mass is 10.3. The molecule has 0 saturated carbocycles. The van der Waals surface area contributed by atoms with Crippen molar-refractivity contribution < 1.29 is 22.2 Å². The van der Waals surface area contributed by atoms with Crippen LogP contribution in [0.3, 0.4) is 0 Å². The van der Waals surface area contributed by atoms with E-state index in [-0.39, 0.29) is 26.6 Å². The molecule has 2 aromatic heterocycles. The first kappa shape index (κ1) is 16.2. The largest absolute Gasteiger partial charge is 0.459 e. The van der Waals surface area contributed by atoms with E-state index in [2.05, 4.69) is 10.2 Å². The van der Waals surface area contributed by atoms with Crippen LogP contribution in [0.5, 0.6) is 0 Å². The number of rotatable bonds is 5. The van der Waals surface area contributed by atoms with Crippen molar-refractivity contribution in [3.63, 3.8) is 0 Å². The van der Waals surface area contributed by atoms with Gasteiger partial charge in [-0.2, -0.15) is 0 Å². The summed E-state index contributed by atoms with van der Waals surface area (Å²) in [5.74, 6) is 0.509. The average Bonchev–Trinajstić information content (AvgIpc) is 3.16. The van der Waals surface area contributed by atoms with Gasteiger partial charge in [0.15, 0.2) is 15.6 Å². The van der Waals surface area contributed by atoms with Gasteiger partial charge in [0.1, 0.15) is 0 Å². The smallest absolute Gasteiger partial charge is 0.284 e. The molecule has 3 rings (SSSR count). The van der Waals surface area contributed by atoms with Crippen LogP contribution in [0.1, 0.15) is 0 Å². The van der Waals surface area contributed by atoms with Gasteiger partial charge in [0.25, 0.3) is 16.8 Å². The molecule has 1 aromatic carbocycles. The SMILES string of the molecule is CS(=O)(=O)c1ccc(Sc2nnc(-c3ccco3)o2)c([N+](=O)[O-])c1. The number of hydrogen-bond donors (Lipinski definition) is 0. The Morgan fingerprint density at radius 3 is 2.67 bits per heavy atom. The van der Waals surface area contributed by atoms with Gasteiger partial charge in [-0.15, -0.1) is 10.2 Å². The zero-order chi connectivity index (χ0) is 17.3. The first-order valence-corrected chi connectivity index (χ1v) is 9.09. The van der Waals surface area contributed by atoms with E-state index in [4.69, 9.17) is 8.83 Å². The van der Waals surface area contributed by atoms with Gasteiger partial charge >= 0.3 is 0 Å². The molecule has 0 radical (unpaired) electrons. The van der Waals surface area contributed by atoms with Crippen LogP contribution in [0.25, 0.3) is 11.7 Å². The predicted octanol–water partition coefficient (Wildman–Crippen LogP) is 2.79. The Kier molecular flexibility index (Phi) is 4.11. The molecule has 0 aliphatic rings. The maximum absolute atomic E-state index is 11.5. The van der Waals surface area contributed by atoms with E-state index in [9.17, 15) is 18.5 Å². The summed E-state index contributed by atoms with van der Waals surface area (Å²) < 4.78 is 33.6. The maximum atomic E-state index is 11.5. The normalized spacial score (nSPS) is 11.5. The van der Waals surface area contributed by atoms with Crippen molar-refractivity contribution >= 4 is 27.3 Å². The summed E-state index contributed by atoms with van der Waals surface area (Å²) in [4.78, 5) is 10.6. The van der Waals surface area contributed by atoms with Crippen molar-refractivity contribution in [2.24, 2.45) is 0 Å². The molecule has 0 saturated heterocycles. The summed E-state index contributed by atoms with van der Waals surface area (Å²) in [6.45, 7) is 0. The fraction of sp³-hybridized carbons (Fsp3) is 0.0769. The van der Waals surface area contributed by atoms with Gasteiger partial charge in [-0.05, 0) is 36.0 Å². The molecule has 0 fully saturated rings. The number of nitrogens with zero attached hydrogens (tertiary/aromatic N) is 3. The number of aromatic nitrogens is 2. The van der Waals surface area contributed by atoms with E-state index in [0.29, 0.717) is 5.76 Å². The molecule has 0 bridgehead atoms. The van der Waals surface area contributed by atoms with Crippen molar-refractivity contribution in [1.82, 2.24) is 10.2 Å². The van der Waals surface area contributed by atoms with Crippen LogP contribution in [0, 0.1) is 10.1 Å². The number of furan rings is 1. The second-order valence-corrected chi connectivity index (χ2v) is 7.62. The highest BCUT2D eigenvalue weighted by atomic mass is 32.2. The summed E-state index contributed by atoms with van der Waals surface area (Å²) in [5.41, 5.74) is -0.360. The molecule has 0 spiro atoms. The monoisotopic (exact) mass is 367 g/mol. The Morgan fingerprint density at radius 1 is 1.25 bits per heavy atom. The summed E-state index contributed by atoms with van der Waals surface area (Å²) in [5, 5.41) is 18.8. The standard InChI is InChI=1S/C13H9N3O6S2/c1-24(19,20)8-4-5-11(9(7-8)16(17)18)23-13-15-14-12(22-13)10-3-2-6-21-10/h2-7H,1H3. The summed E-state index contributed by atoms with van der Waals surface area (Å²) in [6, 6.07) is 6.90. The fourth-order valence-corrected chi connectivity index (χ4v) is 3.21. The third-order valence-corrected chi connectivity index (χ3v) is 4.91. The lowest BCUT2D eigenvalue weighted by molar-refractivity contribution is -0.388. The van der Waals surface area contributed by atoms with Crippen molar-refractivity contribution in [2.75, 3.05) is 6.26 Å². The van der Waals surface area contributed by atoms with E-state index in [1.807, 2.05) is 0 Å². The molecule has 0 unspecified atom stereocenters. The van der Waals surface area contributed by atoms with Gasteiger partial charge in [-0.1, -0.05) is 0 Å². The molecule has 24 heavy (non-hydrogen) atoms. The number of benzene rings is 1. The Bertz CT molecular complexity index is 995. The zero-order valence-corrected chi connectivity index (χ0v) is 13.7. The summed E-state index contributed by atoms with van der Waals surface area (Å²) >= 11 is 0.862. The highest BCUT2D eigenvalue weighted by Crippen LogP contribution is 2.36. The molecule has 0 N–H and O–H groups in total. The molecule has 11 heteroatoms. The van der Waals surface area contributed by atoms with Crippen LogP contribution in [-0.4, -0.2) is 29.8 Å². The van der Waals surface area contributed by atoms with Gasteiger partial charge in [-0.25, -0.2) is 8.42 Å². The molecule has 124 valence electrons. The van der Waals surface area contributed by atoms with Crippen LogP contribution in [0.2, 0.25) is 0 Å². The number of sulfone groups is 1. The predicted molar refractivity (Wildman–Crippen MR) is 82.3 cm³/mol. The van der Waals surface area contributed by atoms with Crippen molar-refractivity contribution in [3.05, 3.63) is 46.7 Å². The van der Waals surface area contributed by atoms with Gasteiger partial charge in [-0.3, -0.25) is 10.1 Å². The summed E-state index contributed by atoms with van der Waals surface area (Å²) in [6.07, 6.45) is 2.42. The Morgan fingerprint density at radius 2 is 2.04 bits per heavy atom. The molecule has 0 aliphatic carbocycles. The first-order valence-electron chi connectivity index (χ1n) is 6.38. The molecule has 2 heterocycles. The average molecular weight is 367 g/mol. The fourth-order valence-electron chi connectivity index (χ4n) is 1.80. The van der Waals surface area contributed by atoms with Crippen molar-refractivity contribution in [1.29, 1.82) is 0 Å². The number of nitro benzene ring substituents is 1. The van der Waals surface area contributed by atoms with E-state index in [1.54, 1.807) is 12.1 Å².